The zero-order valence-electron chi connectivity index (χ0n) is 19.6. The number of aromatic nitrogens is 2. The Morgan fingerprint density at radius 3 is 2.43 bits per heavy atom. The highest BCUT2D eigenvalue weighted by Crippen LogP contribution is 2.31. The Balaban J connectivity index is 1.69. The SMILES string of the molecule is CCOC(=O)Cc1cc2cc(Oc3ccc([N+](=O)[O-])cn3)ccc2n1-c1ccc(OC(C)C)cc1. The van der Waals surface area contributed by atoms with Gasteiger partial charge in [-0.3, -0.25) is 14.9 Å². The monoisotopic (exact) mass is 475 g/mol. The molecule has 2 aromatic carbocycles. The highest BCUT2D eigenvalue weighted by atomic mass is 16.6. The summed E-state index contributed by atoms with van der Waals surface area (Å²) in [6, 6.07) is 17.9. The molecule has 0 radical (unpaired) electrons. The van der Waals surface area contributed by atoms with Crippen LogP contribution in [0.25, 0.3) is 16.6 Å². The number of esters is 1. The lowest BCUT2D eigenvalue weighted by Crippen LogP contribution is -2.11. The van der Waals surface area contributed by atoms with Gasteiger partial charge in [0.05, 0.1) is 29.6 Å². The van der Waals surface area contributed by atoms with Crippen LogP contribution >= 0.6 is 0 Å². The van der Waals surface area contributed by atoms with E-state index in [9.17, 15) is 14.9 Å². The molecule has 0 fully saturated rings. The van der Waals surface area contributed by atoms with Gasteiger partial charge in [0.15, 0.2) is 0 Å². The van der Waals surface area contributed by atoms with Gasteiger partial charge >= 0.3 is 5.97 Å². The third kappa shape index (κ3) is 5.57. The van der Waals surface area contributed by atoms with Crippen LogP contribution in [-0.2, 0) is 16.0 Å². The Morgan fingerprint density at radius 2 is 1.80 bits per heavy atom. The van der Waals surface area contributed by atoms with Crippen LogP contribution in [-0.4, -0.2) is 33.2 Å². The van der Waals surface area contributed by atoms with Gasteiger partial charge in [-0.05, 0) is 69.3 Å². The maximum atomic E-state index is 12.3. The Hall–Kier alpha value is -4.40. The fraction of sp³-hybridized carbons (Fsp3) is 0.231. The number of nitro groups is 1. The summed E-state index contributed by atoms with van der Waals surface area (Å²) in [7, 11) is 0. The predicted octanol–water partition coefficient (Wildman–Crippen LogP) is 5.62. The molecular formula is C26H25N3O6. The Kier molecular flexibility index (Phi) is 6.96. The molecule has 0 aliphatic rings. The molecule has 0 N–H and O–H groups in total. The smallest absolute Gasteiger partial charge is 0.311 e. The largest absolute Gasteiger partial charge is 0.491 e. The van der Waals surface area contributed by atoms with Crippen molar-refractivity contribution in [3.8, 4) is 23.1 Å². The molecule has 0 aliphatic heterocycles. The predicted molar refractivity (Wildman–Crippen MR) is 130 cm³/mol. The van der Waals surface area contributed by atoms with Crippen LogP contribution in [0, 0.1) is 10.1 Å². The second-order valence-corrected chi connectivity index (χ2v) is 8.05. The topological polar surface area (TPSA) is 106 Å². The summed E-state index contributed by atoms with van der Waals surface area (Å²) in [6.07, 6.45) is 1.32. The number of carbonyl (C=O) groups is 1. The molecule has 2 aromatic heterocycles. The summed E-state index contributed by atoms with van der Waals surface area (Å²) in [5.41, 5.74) is 2.41. The molecule has 0 bridgehead atoms. The average Bonchev–Trinajstić information content (AvgIpc) is 3.16. The zero-order valence-corrected chi connectivity index (χ0v) is 19.6. The van der Waals surface area contributed by atoms with Crippen molar-refractivity contribution in [3.63, 3.8) is 0 Å². The first kappa shape index (κ1) is 23.7. The second-order valence-electron chi connectivity index (χ2n) is 8.05. The van der Waals surface area contributed by atoms with Crippen LogP contribution in [0.3, 0.4) is 0 Å². The summed E-state index contributed by atoms with van der Waals surface area (Å²) >= 11 is 0. The normalized spacial score (nSPS) is 11.0. The minimum atomic E-state index is -0.516. The van der Waals surface area contributed by atoms with Gasteiger partial charge in [0.1, 0.15) is 17.7 Å². The summed E-state index contributed by atoms with van der Waals surface area (Å²) < 4.78 is 18.7. The lowest BCUT2D eigenvalue weighted by Gasteiger charge is -2.13. The van der Waals surface area contributed by atoms with E-state index in [0.717, 1.165) is 34.2 Å². The molecule has 9 nitrogen and oxygen atoms in total. The number of benzene rings is 2. The van der Waals surface area contributed by atoms with E-state index in [1.807, 2.05) is 60.9 Å². The summed E-state index contributed by atoms with van der Waals surface area (Å²) in [6.45, 7) is 6.02. The van der Waals surface area contributed by atoms with E-state index in [1.165, 1.54) is 12.1 Å². The van der Waals surface area contributed by atoms with E-state index < -0.39 is 4.92 Å². The number of fused-ring (bicyclic) bond motifs is 1. The third-order valence-corrected chi connectivity index (χ3v) is 5.10. The van der Waals surface area contributed by atoms with Gasteiger partial charge in [0, 0.05) is 28.9 Å². The van der Waals surface area contributed by atoms with Crippen LogP contribution in [0.4, 0.5) is 5.69 Å². The third-order valence-electron chi connectivity index (χ3n) is 5.10. The minimum Gasteiger partial charge on any atom is -0.491 e. The van der Waals surface area contributed by atoms with Crippen LogP contribution in [0.2, 0.25) is 0 Å². The van der Waals surface area contributed by atoms with Crippen LogP contribution in [0.5, 0.6) is 17.4 Å². The molecule has 0 atom stereocenters. The van der Waals surface area contributed by atoms with Gasteiger partial charge in [0.2, 0.25) is 5.88 Å². The molecular weight excluding hydrogens is 450 g/mol. The van der Waals surface area contributed by atoms with Crippen LogP contribution in [0.15, 0.2) is 66.9 Å². The van der Waals surface area contributed by atoms with Gasteiger partial charge < -0.3 is 18.8 Å². The lowest BCUT2D eigenvalue weighted by molar-refractivity contribution is -0.385. The molecule has 0 spiro atoms. The van der Waals surface area contributed by atoms with Gasteiger partial charge in [0.25, 0.3) is 5.69 Å². The maximum Gasteiger partial charge on any atom is 0.311 e. The standard InChI is InChI=1S/C26H25N3O6/c1-4-33-26(30)15-21-13-18-14-23(35-25-12-7-20(16-27-25)29(31)32)10-11-24(18)28(21)19-5-8-22(9-6-19)34-17(2)3/h5-14,16-17H,4,15H2,1-3H3. The zero-order chi connectivity index (χ0) is 24.9. The van der Waals surface area contributed by atoms with E-state index in [0.29, 0.717) is 12.4 Å². The first-order valence-electron chi connectivity index (χ1n) is 11.2. The number of pyridine rings is 1. The van der Waals surface area contributed by atoms with Gasteiger partial charge in [-0.25, -0.2) is 4.98 Å². The van der Waals surface area contributed by atoms with E-state index in [4.69, 9.17) is 14.2 Å². The molecule has 4 aromatic rings. The van der Waals surface area contributed by atoms with Crippen molar-refractivity contribution >= 4 is 22.6 Å². The molecule has 2 heterocycles. The molecule has 9 heteroatoms. The molecule has 35 heavy (non-hydrogen) atoms. The fourth-order valence-corrected chi connectivity index (χ4v) is 3.72. The lowest BCUT2D eigenvalue weighted by atomic mass is 10.2. The highest BCUT2D eigenvalue weighted by Gasteiger charge is 2.16. The van der Waals surface area contributed by atoms with Crippen molar-refractivity contribution < 1.29 is 23.9 Å². The molecule has 180 valence electrons. The summed E-state index contributed by atoms with van der Waals surface area (Å²) in [5.74, 6) is 1.20. The van der Waals surface area contributed by atoms with Gasteiger partial charge in [-0.2, -0.15) is 0 Å². The van der Waals surface area contributed by atoms with Gasteiger partial charge in [-0.15, -0.1) is 0 Å². The average molecular weight is 476 g/mol. The molecule has 0 unspecified atom stereocenters. The molecule has 4 rings (SSSR count). The van der Waals surface area contributed by atoms with Crippen LogP contribution < -0.4 is 9.47 Å². The Morgan fingerprint density at radius 1 is 1.06 bits per heavy atom. The molecule has 0 aliphatic carbocycles. The second kappa shape index (κ2) is 10.3. The first-order chi connectivity index (χ1) is 16.8. The van der Waals surface area contributed by atoms with E-state index in [2.05, 4.69) is 4.98 Å². The Labute approximate surface area is 202 Å². The maximum absolute atomic E-state index is 12.3. The number of carbonyl (C=O) groups excluding carboxylic acids is 1. The van der Waals surface area contributed by atoms with E-state index in [-0.39, 0.29) is 30.1 Å². The molecule has 0 saturated heterocycles. The fourth-order valence-electron chi connectivity index (χ4n) is 3.72. The van der Waals surface area contributed by atoms with Crippen molar-refractivity contribution in [1.29, 1.82) is 0 Å². The Bertz CT molecular complexity index is 1340. The molecule has 0 saturated carbocycles. The summed E-state index contributed by atoms with van der Waals surface area (Å²) in [5, 5.41) is 11.7. The van der Waals surface area contributed by atoms with Crippen molar-refractivity contribution in [3.05, 3.63) is 82.7 Å². The van der Waals surface area contributed by atoms with E-state index in [1.54, 1.807) is 13.0 Å². The quantitative estimate of drug-likeness (QED) is 0.176. The first-order valence-corrected chi connectivity index (χ1v) is 11.2. The number of hydrogen-bond donors (Lipinski definition) is 0. The number of nitrogens with zero attached hydrogens (tertiary/aromatic N) is 3. The highest BCUT2D eigenvalue weighted by molar-refractivity contribution is 5.86. The molecule has 0 amide bonds. The van der Waals surface area contributed by atoms with Crippen LogP contribution in [0.1, 0.15) is 26.5 Å². The van der Waals surface area contributed by atoms with Gasteiger partial charge in [-0.1, -0.05) is 0 Å². The number of hydrogen-bond acceptors (Lipinski definition) is 7. The van der Waals surface area contributed by atoms with Crippen molar-refractivity contribution in [1.82, 2.24) is 9.55 Å². The number of rotatable bonds is 9. The summed E-state index contributed by atoms with van der Waals surface area (Å²) in [4.78, 5) is 26.6. The van der Waals surface area contributed by atoms with Crippen molar-refractivity contribution in [2.75, 3.05) is 6.61 Å². The van der Waals surface area contributed by atoms with Crippen molar-refractivity contribution in [2.24, 2.45) is 0 Å². The minimum absolute atomic E-state index is 0.0660. The number of ether oxygens (including phenoxy) is 3. The van der Waals surface area contributed by atoms with E-state index >= 15 is 0 Å². The van der Waals surface area contributed by atoms with Crippen molar-refractivity contribution in [2.45, 2.75) is 33.3 Å².